The zero-order valence-electron chi connectivity index (χ0n) is 12.2. The molecule has 0 aliphatic heterocycles. The summed E-state index contributed by atoms with van der Waals surface area (Å²) in [6, 6.07) is 10.0. The number of hydrogen-bond donors (Lipinski definition) is 2. The van der Waals surface area contributed by atoms with Crippen molar-refractivity contribution in [1.29, 1.82) is 0 Å². The first kappa shape index (κ1) is 15.2. The lowest BCUT2D eigenvalue weighted by Crippen LogP contribution is -2.23. The molecule has 0 saturated carbocycles. The number of nitrogens with zero attached hydrogens (tertiary/aromatic N) is 2. The third-order valence-electron chi connectivity index (χ3n) is 3.47. The maximum Gasteiger partial charge on any atom is 0.355 e. The summed E-state index contributed by atoms with van der Waals surface area (Å²) >= 11 is 1.23. The van der Waals surface area contributed by atoms with Crippen LogP contribution in [0.15, 0.2) is 41.9 Å². The van der Waals surface area contributed by atoms with Crippen molar-refractivity contribution in [3.8, 4) is 0 Å². The number of amides is 1. The van der Waals surface area contributed by atoms with E-state index >= 15 is 0 Å². The fourth-order valence-corrected chi connectivity index (χ4v) is 3.02. The average Bonchev–Trinajstić information content (AvgIpc) is 3.18. The van der Waals surface area contributed by atoms with Crippen molar-refractivity contribution in [2.45, 2.75) is 19.5 Å². The monoisotopic (exact) mass is 329 g/mol. The maximum atomic E-state index is 11.9. The Balaban J connectivity index is 1.52. The van der Waals surface area contributed by atoms with E-state index in [1.807, 2.05) is 41.1 Å². The standard InChI is InChI=1S/C16H15N3O3S/c20-14(17-9-15-18-12(10-23-15)16(21)22)6-8-19-7-5-11-3-1-2-4-13(11)19/h1-5,7,10H,6,8-9H2,(H,17,20)(H,21,22). The second-order valence-electron chi connectivity index (χ2n) is 5.03. The first-order valence-corrected chi connectivity index (χ1v) is 8.00. The van der Waals surface area contributed by atoms with Crippen LogP contribution in [-0.4, -0.2) is 26.5 Å². The van der Waals surface area contributed by atoms with E-state index in [0.29, 0.717) is 18.0 Å². The van der Waals surface area contributed by atoms with Crippen molar-refractivity contribution in [2.75, 3.05) is 0 Å². The highest BCUT2D eigenvalue weighted by Gasteiger charge is 2.10. The van der Waals surface area contributed by atoms with E-state index in [4.69, 9.17) is 5.11 Å². The van der Waals surface area contributed by atoms with Crippen molar-refractivity contribution in [2.24, 2.45) is 0 Å². The van der Waals surface area contributed by atoms with E-state index in [-0.39, 0.29) is 18.1 Å². The van der Waals surface area contributed by atoms with Gasteiger partial charge in [0.2, 0.25) is 5.91 Å². The van der Waals surface area contributed by atoms with E-state index in [2.05, 4.69) is 10.3 Å². The lowest BCUT2D eigenvalue weighted by atomic mass is 10.2. The largest absolute Gasteiger partial charge is 0.476 e. The van der Waals surface area contributed by atoms with Crippen LogP contribution in [0.3, 0.4) is 0 Å². The van der Waals surface area contributed by atoms with Crippen LogP contribution in [0.25, 0.3) is 10.9 Å². The lowest BCUT2D eigenvalue weighted by Gasteiger charge is -2.06. The zero-order valence-corrected chi connectivity index (χ0v) is 13.0. The van der Waals surface area contributed by atoms with Gasteiger partial charge in [-0.2, -0.15) is 0 Å². The Kier molecular flexibility index (Phi) is 4.38. The van der Waals surface area contributed by atoms with Crippen molar-refractivity contribution in [1.82, 2.24) is 14.9 Å². The number of aromatic carboxylic acids is 1. The Morgan fingerprint density at radius 3 is 2.87 bits per heavy atom. The summed E-state index contributed by atoms with van der Waals surface area (Å²) in [5.41, 5.74) is 1.12. The molecular weight excluding hydrogens is 314 g/mol. The second kappa shape index (κ2) is 6.62. The summed E-state index contributed by atoms with van der Waals surface area (Å²) in [4.78, 5) is 26.6. The van der Waals surface area contributed by atoms with Gasteiger partial charge in [-0.3, -0.25) is 4.79 Å². The van der Waals surface area contributed by atoms with Gasteiger partial charge in [0.05, 0.1) is 6.54 Å². The number of fused-ring (bicyclic) bond motifs is 1. The zero-order chi connectivity index (χ0) is 16.2. The van der Waals surface area contributed by atoms with E-state index in [9.17, 15) is 9.59 Å². The van der Waals surface area contributed by atoms with Crippen LogP contribution in [0.5, 0.6) is 0 Å². The smallest absolute Gasteiger partial charge is 0.355 e. The van der Waals surface area contributed by atoms with Gasteiger partial charge in [0.25, 0.3) is 0 Å². The number of carboxylic acids is 1. The Morgan fingerprint density at radius 2 is 2.09 bits per heavy atom. The van der Waals surface area contributed by atoms with E-state index in [1.165, 1.54) is 16.7 Å². The topological polar surface area (TPSA) is 84.2 Å². The van der Waals surface area contributed by atoms with Crippen LogP contribution in [0.2, 0.25) is 0 Å². The van der Waals surface area contributed by atoms with Gasteiger partial charge >= 0.3 is 5.97 Å². The predicted molar refractivity (Wildman–Crippen MR) is 87.5 cm³/mol. The van der Waals surface area contributed by atoms with Gasteiger partial charge < -0.3 is 15.0 Å². The summed E-state index contributed by atoms with van der Waals surface area (Å²) in [6.07, 6.45) is 2.33. The summed E-state index contributed by atoms with van der Waals surface area (Å²) in [5, 5.41) is 14.8. The highest BCUT2D eigenvalue weighted by Crippen LogP contribution is 2.15. The molecule has 3 rings (SSSR count). The van der Waals surface area contributed by atoms with Crippen LogP contribution in [-0.2, 0) is 17.9 Å². The fourth-order valence-electron chi connectivity index (χ4n) is 2.31. The van der Waals surface area contributed by atoms with Crippen molar-refractivity contribution >= 4 is 34.1 Å². The molecule has 2 N–H and O–H groups in total. The molecule has 23 heavy (non-hydrogen) atoms. The molecule has 0 spiro atoms. The van der Waals surface area contributed by atoms with Crippen molar-refractivity contribution < 1.29 is 14.7 Å². The molecule has 0 atom stereocenters. The molecule has 0 radical (unpaired) electrons. The molecule has 118 valence electrons. The number of nitrogens with one attached hydrogen (secondary N) is 1. The predicted octanol–water partition coefficient (Wildman–Crippen LogP) is 2.50. The Hall–Kier alpha value is -2.67. The number of rotatable bonds is 6. The number of carboxylic acid groups (broad SMARTS) is 1. The molecule has 2 aromatic heterocycles. The van der Waals surface area contributed by atoms with Crippen LogP contribution >= 0.6 is 11.3 Å². The number of para-hydroxylation sites is 1. The van der Waals surface area contributed by atoms with E-state index in [0.717, 1.165) is 10.9 Å². The molecule has 0 unspecified atom stereocenters. The van der Waals surface area contributed by atoms with Crippen molar-refractivity contribution in [3.63, 3.8) is 0 Å². The number of benzene rings is 1. The van der Waals surface area contributed by atoms with Gasteiger partial charge in [0, 0.05) is 30.1 Å². The number of hydrogen-bond acceptors (Lipinski definition) is 4. The summed E-state index contributed by atoms with van der Waals surface area (Å²) in [7, 11) is 0. The maximum absolute atomic E-state index is 11.9. The number of aryl methyl sites for hydroxylation is 1. The second-order valence-corrected chi connectivity index (χ2v) is 5.97. The van der Waals surface area contributed by atoms with E-state index < -0.39 is 5.97 Å². The molecule has 0 fully saturated rings. The highest BCUT2D eigenvalue weighted by atomic mass is 32.1. The molecule has 6 nitrogen and oxygen atoms in total. The molecule has 0 aliphatic rings. The van der Waals surface area contributed by atoms with Gasteiger partial charge in [0.1, 0.15) is 5.01 Å². The molecule has 1 amide bonds. The van der Waals surface area contributed by atoms with Crippen LogP contribution < -0.4 is 5.32 Å². The Labute approximate surface area is 136 Å². The molecule has 0 bridgehead atoms. The average molecular weight is 329 g/mol. The molecule has 0 saturated heterocycles. The molecular formula is C16H15N3O3S. The van der Waals surface area contributed by atoms with E-state index in [1.54, 1.807) is 0 Å². The molecule has 7 heteroatoms. The number of carbonyl (C=O) groups excluding carboxylic acids is 1. The van der Waals surface area contributed by atoms with Crippen LogP contribution in [0.4, 0.5) is 0 Å². The molecule has 2 heterocycles. The third-order valence-corrected chi connectivity index (χ3v) is 4.32. The SMILES string of the molecule is O=C(CCn1ccc2ccccc21)NCc1nc(C(=O)O)cs1. The van der Waals surface area contributed by atoms with Gasteiger partial charge in [-0.25, -0.2) is 9.78 Å². The normalized spacial score (nSPS) is 10.8. The first-order valence-electron chi connectivity index (χ1n) is 7.12. The Morgan fingerprint density at radius 1 is 1.26 bits per heavy atom. The minimum Gasteiger partial charge on any atom is -0.476 e. The fraction of sp³-hybridized carbons (Fsp3) is 0.188. The minimum absolute atomic E-state index is 0.0121. The molecule has 3 aromatic rings. The summed E-state index contributed by atoms with van der Waals surface area (Å²) in [5.74, 6) is -1.15. The third kappa shape index (κ3) is 3.57. The first-order chi connectivity index (χ1) is 11.1. The number of carbonyl (C=O) groups is 2. The van der Waals surface area contributed by atoms with Gasteiger partial charge in [-0.05, 0) is 17.5 Å². The Bertz CT molecular complexity index is 853. The highest BCUT2D eigenvalue weighted by molar-refractivity contribution is 7.09. The van der Waals surface area contributed by atoms with Gasteiger partial charge in [0.15, 0.2) is 5.69 Å². The lowest BCUT2D eigenvalue weighted by molar-refractivity contribution is -0.121. The number of thiazole rings is 1. The van der Waals surface area contributed by atoms with Crippen molar-refractivity contribution in [3.05, 3.63) is 52.6 Å². The van der Waals surface area contributed by atoms with Gasteiger partial charge in [-0.1, -0.05) is 18.2 Å². The molecule has 0 aliphatic carbocycles. The van der Waals surface area contributed by atoms with Crippen LogP contribution in [0.1, 0.15) is 21.9 Å². The minimum atomic E-state index is -1.06. The quantitative estimate of drug-likeness (QED) is 0.728. The summed E-state index contributed by atoms with van der Waals surface area (Å²) in [6.45, 7) is 0.848. The summed E-state index contributed by atoms with van der Waals surface area (Å²) < 4.78 is 2.04. The molecule has 1 aromatic carbocycles. The number of aromatic nitrogens is 2. The van der Waals surface area contributed by atoms with Crippen LogP contribution in [0, 0.1) is 0 Å². The van der Waals surface area contributed by atoms with Gasteiger partial charge in [-0.15, -0.1) is 11.3 Å².